The number of ether oxygens (including phenoxy) is 1. The molecule has 1 amide bonds. The van der Waals surface area contributed by atoms with E-state index in [1.165, 1.54) is 24.3 Å². The number of hydrogen-bond acceptors (Lipinski definition) is 7. The van der Waals surface area contributed by atoms with Gasteiger partial charge in [0.05, 0.1) is 18.0 Å². The molecule has 3 atom stereocenters. The fourth-order valence-electron chi connectivity index (χ4n) is 5.71. The monoisotopic (exact) mass is 569 g/mol. The van der Waals surface area contributed by atoms with Crippen LogP contribution in [0.3, 0.4) is 0 Å². The minimum Gasteiger partial charge on any atom is -0.394 e. The van der Waals surface area contributed by atoms with Crippen molar-refractivity contribution in [3.63, 3.8) is 0 Å². The highest BCUT2D eigenvalue weighted by molar-refractivity contribution is 6.76. The van der Waals surface area contributed by atoms with E-state index in [-0.39, 0.29) is 17.2 Å². The first kappa shape index (κ1) is 28.7. The van der Waals surface area contributed by atoms with Crippen LogP contribution in [-0.4, -0.2) is 71.1 Å². The predicted molar refractivity (Wildman–Crippen MR) is 154 cm³/mol. The van der Waals surface area contributed by atoms with Crippen LogP contribution in [0.2, 0.25) is 25.7 Å². The number of aliphatic hydroxyl groups is 2. The Labute approximate surface area is 235 Å². The van der Waals surface area contributed by atoms with Gasteiger partial charge < -0.3 is 29.7 Å². The zero-order valence-electron chi connectivity index (χ0n) is 23.5. The minimum absolute atomic E-state index is 0.160. The number of benzene rings is 1. The summed E-state index contributed by atoms with van der Waals surface area (Å²) in [6, 6.07) is 7.71. The van der Waals surface area contributed by atoms with E-state index in [1.54, 1.807) is 6.33 Å². The molecule has 0 radical (unpaired) electrons. The first-order valence-corrected chi connectivity index (χ1v) is 17.8. The Morgan fingerprint density at radius 3 is 2.65 bits per heavy atom. The molecule has 40 heavy (non-hydrogen) atoms. The largest absolute Gasteiger partial charge is 0.394 e. The molecule has 1 saturated carbocycles. The summed E-state index contributed by atoms with van der Waals surface area (Å²) >= 11 is 0. The van der Waals surface area contributed by atoms with Gasteiger partial charge in [-0.25, -0.2) is 14.4 Å². The van der Waals surface area contributed by atoms with Gasteiger partial charge in [0.15, 0.2) is 0 Å². The Morgan fingerprint density at radius 2 is 1.98 bits per heavy atom. The first-order chi connectivity index (χ1) is 19.1. The van der Waals surface area contributed by atoms with E-state index in [1.807, 2.05) is 16.8 Å². The summed E-state index contributed by atoms with van der Waals surface area (Å²) in [5.74, 6) is 0.0777. The number of piperidine rings is 1. The molecule has 2 aromatic heterocycles. The van der Waals surface area contributed by atoms with Gasteiger partial charge in [-0.2, -0.15) is 0 Å². The highest BCUT2D eigenvalue weighted by Crippen LogP contribution is 2.56. The van der Waals surface area contributed by atoms with Crippen molar-refractivity contribution in [3.05, 3.63) is 54.2 Å². The minimum atomic E-state index is -1.15. The van der Waals surface area contributed by atoms with E-state index in [9.17, 15) is 19.4 Å². The number of hydrogen-bond donors (Lipinski definition) is 3. The number of halogens is 1. The van der Waals surface area contributed by atoms with Crippen LogP contribution in [0.5, 0.6) is 0 Å². The molecule has 1 aromatic carbocycles. The summed E-state index contributed by atoms with van der Waals surface area (Å²) in [4.78, 5) is 24.8. The Kier molecular flexibility index (Phi) is 8.28. The third-order valence-electron chi connectivity index (χ3n) is 8.32. The van der Waals surface area contributed by atoms with Crippen molar-refractivity contribution in [1.82, 2.24) is 19.9 Å². The molecule has 2 unspecified atom stereocenters. The lowest BCUT2D eigenvalue weighted by atomic mass is 9.81. The third kappa shape index (κ3) is 6.22. The van der Waals surface area contributed by atoms with E-state index >= 15 is 0 Å². The van der Waals surface area contributed by atoms with E-state index in [4.69, 9.17) is 4.74 Å². The molecule has 216 valence electrons. The van der Waals surface area contributed by atoms with Gasteiger partial charge in [0, 0.05) is 39.9 Å². The van der Waals surface area contributed by atoms with Crippen LogP contribution in [0.25, 0.3) is 11.0 Å². The van der Waals surface area contributed by atoms with Crippen LogP contribution in [0, 0.1) is 17.2 Å². The summed E-state index contributed by atoms with van der Waals surface area (Å²) in [6.07, 6.45) is 4.96. The lowest BCUT2D eigenvalue weighted by molar-refractivity contribution is -0.130. The number of nitrogens with one attached hydrogen (secondary N) is 1. The number of aliphatic hydroxyl groups excluding tert-OH is 2. The maximum atomic E-state index is 13.4. The summed E-state index contributed by atoms with van der Waals surface area (Å²) in [5, 5.41) is 24.5. The first-order valence-electron chi connectivity index (χ1n) is 14.1. The second kappa shape index (κ2) is 11.6. The van der Waals surface area contributed by atoms with Gasteiger partial charge >= 0.3 is 0 Å². The van der Waals surface area contributed by atoms with Gasteiger partial charge in [-0.3, -0.25) is 4.79 Å². The quantitative estimate of drug-likeness (QED) is 0.238. The van der Waals surface area contributed by atoms with Crippen molar-refractivity contribution in [2.24, 2.45) is 11.3 Å². The molecule has 5 rings (SSSR count). The average molecular weight is 570 g/mol. The van der Waals surface area contributed by atoms with Gasteiger partial charge in [-0.1, -0.05) is 31.8 Å². The number of carbonyl (C=O) groups is 1. The molecule has 3 aromatic rings. The van der Waals surface area contributed by atoms with Gasteiger partial charge in [0.1, 0.15) is 36.4 Å². The Bertz CT molecular complexity index is 1320. The molecule has 1 aliphatic heterocycles. The maximum absolute atomic E-state index is 13.4. The number of aromatic nitrogens is 3. The standard InChI is InChI=1S/C29H40FN5O4Si/c1-40(2,3)15-14-39-19-35-12-8-22-26(31-18-32-27(22)35)34-13-9-23(29(17-34)10-11-29)28(38)33-24(16-36)25(37)20-4-6-21(30)7-5-20/h4-8,12,18,23-25,36-37H,9-11,13-17,19H2,1-3H3,(H,33,38)/t23-,24?,25?/m1/s1. The van der Waals surface area contributed by atoms with Crippen molar-refractivity contribution in [2.75, 3.05) is 31.2 Å². The summed E-state index contributed by atoms with van der Waals surface area (Å²) < 4.78 is 21.3. The van der Waals surface area contributed by atoms with Crippen LogP contribution < -0.4 is 10.2 Å². The molecule has 1 spiro atoms. The van der Waals surface area contributed by atoms with Crippen LogP contribution in [-0.2, 0) is 16.3 Å². The molecule has 2 aliphatic rings. The van der Waals surface area contributed by atoms with E-state index < -0.39 is 32.6 Å². The number of carbonyl (C=O) groups excluding carboxylic acids is 1. The SMILES string of the molecule is C[Si](C)(C)CCOCn1ccc2c(N3CC[C@H](C(=O)NC(CO)C(O)c4ccc(F)cc4)C4(CC4)C3)ncnc21. The molecule has 2 fully saturated rings. The molecule has 11 heteroatoms. The Balaban J connectivity index is 1.24. The predicted octanol–water partition coefficient (Wildman–Crippen LogP) is 3.70. The van der Waals surface area contributed by atoms with E-state index in [2.05, 4.69) is 39.8 Å². The molecule has 1 saturated heterocycles. The Hall–Kier alpha value is -2.86. The van der Waals surface area contributed by atoms with Crippen molar-refractivity contribution >= 4 is 30.8 Å². The second-order valence-corrected chi connectivity index (χ2v) is 18.1. The summed E-state index contributed by atoms with van der Waals surface area (Å²) in [7, 11) is -1.15. The van der Waals surface area contributed by atoms with Gasteiger partial charge in [-0.05, 0) is 54.5 Å². The van der Waals surface area contributed by atoms with Crippen LogP contribution >= 0.6 is 0 Å². The molecular formula is C29H40FN5O4Si. The third-order valence-corrected chi connectivity index (χ3v) is 10.0. The van der Waals surface area contributed by atoms with Crippen molar-refractivity contribution in [3.8, 4) is 0 Å². The van der Waals surface area contributed by atoms with Gasteiger partial charge in [0.25, 0.3) is 0 Å². The van der Waals surface area contributed by atoms with Gasteiger partial charge in [0.2, 0.25) is 5.91 Å². The summed E-state index contributed by atoms with van der Waals surface area (Å²) in [6.45, 7) is 9.14. The number of fused-ring (bicyclic) bond motifs is 1. The average Bonchev–Trinajstić information content (AvgIpc) is 3.56. The van der Waals surface area contributed by atoms with Crippen molar-refractivity contribution in [2.45, 2.75) is 63.8 Å². The second-order valence-electron chi connectivity index (χ2n) is 12.5. The number of anilines is 1. The number of amides is 1. The number of rotatable bonds is 11. The van der Waals surface area contributed by atoms with Crippen molar-refractivity contribution in [1.29, 1.82) is 0 Å². The van der Waals surface area contributed by atoms with Gasteiger partial charge in [-0.15, -0.1) is 0 Å². The zero-order valence-corrected chi connectivity index (χ0v) is 24.5. The summed E-state index contributed by atoms with van der Waals surface area (Å²) in [5.41, 5.74) is 1.12. The Morgan fingerprint density at radius 1 is 1.23 bits per heavy atom. The maximum Gasteiger partial charge on any atom is 0.224 e. The van der Waals surface area contributed by atoms with Crippen LogP contribution in [0.15, 0.2) is 42.9 Å². The topological polar surface area (TPSA) is 113 Å². The zero-order chi connectivity index (χ0) is 28.5. The van der Waals surface area contributed by atoms with E-state index in [0.29, 0.717) is 31.8 Å². The molecule has 3 N–H and O–H groups in total. The number of nitrogens with zero attached hydrogens (tertiary/aromatic N) is 4. The highest BCUT2D eigenvalue weighted by atomic mass is 28.3. The molecule has 3 heterocycles. The smallest absolute Gasteiger partial charge is 0.224 e. The fraction of sp³-hybridized carbons (Fsp3) is 0.552. The van der Waals surface area contributed by atoms with Crippen LogP contribution in [0.1, 0.15) is 30.9 Å². The van der Waals surface area contributed by atoms with E-state index in [0.717, 1.165) is 42.3 Å². The molecule has 0 bridgehead atoms. The van der Waals surface area contributed by atoms with Crippen LogP contribution in [0.4, 0.5) is 10.2 Å². The lowest BCUT2D eigenvalue weighted by Crippen LogP contribution is -2.51. The highest BCUT2D eigenvalue weighted by Gasteiger charge is 2.55. The molecular weight excluding hydrogens is 529 g/mol. The van der Waals surface area contributed by atoms with Crippen molar-refractivity contribution < 1.29 is 24.1 Å². The molecule has 1 aliphatic carbocycles. The normalized spacial score (nSPS) is 20.1. The molecule has 9 nitrogen and oxygen atoms in total. The fourth-order valence-corrected chi connectivity index (χ4v) is 6.46. The lowest BCUT2D eigenvalue weighted by Gasteiger charge is -2.40.